The summed E-state index contributed by atoms with van der Waals surface area (Å²) < 4.78 is 5.15. The van der Waals surface area contributed by atoms with E-state index in [4.69, 9.17) is 9.63 Å². The van der Waals surface area contributed by atoms with E-state index in [0.717, 1.165) is 5.56 Å². The zero-order valence-electron chi connectivity index (χ0n) is 11.1. The van der Waals surface area contributed by atoms with Gasteiger partial charge in [-0.1, -0.05) is 5.16 Å². The number of pyridine rings is 1. The molecule has 3 heterocycles. The summed E-state index contributed by atoms with van der Waals surface area (Å²) in [6.45, 7) is 0.424. The molecule has 3 rings (SSSR count). The molecule has 21 heavy (non-hydrogen) atoms. The number of carbonyl (C=O) groups excluding carboxylic acids is 1. The minimum absolute atomic E-state index is 0.120. The molecule has 0 aromatic carbocycles. The van der Waals surface area contributed by atoms with Crippen LogP contribution < -0.4 is 0 Å². The lowest BCUT2D eigenvalue weighted by Gasteiger charge is -2.19. The third kappa shape index (κ3) is 2.49. The lowest BCUT2D eigenvalue weighted by molar-refractivity contribution is -0.141. The van der Waals surface area contributed by atoms with E-state index in [9.17, 15) is 9.59 Å². The predicted octanol–water partition coefficient (Wildman–Crippen LogP) is 1.43. The maximum Gasteiger partial charge on any atom is 0.326 e. The summed E-state index contributed by atoms with van der Waals surface area (Å²) in [5.41, 5.74) is 0.878. The van der Waals surface area contributed by atoms with Crippen molar-refractivity contribution in [2.45, 2.75) is 18.9 Å². The smallest absolute Gasteiger partial charge is 0.326 e. The lowest BCUT2D eigenvalue weighted by atomic mass is 10.2. The Labute approximate surface area is 120 Å². The van der Waals surface area contributed by atoms with Crippen LogP contribution in [0.1, 0.15) is 23.3 Å². The van der Waals surface area contributed by atoms with Crippen LogP contribution in [-0.2, 0) is 4.79 Å². The van der Waals surface area contributed by atoms with Gasteiger partial charge in [0, 0.05) is 30.6 Å². The van der Waals surface area contributed by atoms with Crippen LogP contribution >= 0.6 is 0 Å². The third-order valence-corrected chi connectivity index (χ3v) is 3.49. The number of carboxylic acids is 1. The first kappa shape index (κ1) is 13.3. The van der Waals surface area contributed by atoms with Crippen molar-refractivity contribution >= 4 is 11.9 Å². The summed E-state index contributed by atoms with van der Waals surface area (Å²) in [7, 11) is 0. The van der Waals surface area contributed by atoms with Gasteiger partial charge in [-0.15, -0.1) is 0 Å². The van der Waals surface area contributed by atoms with Crippen molar-refractivity contribution in [1.29, 1.82) is 0 Å². The summed E-state index contributed by atoms with van der Waals surface area (Å²) in [5, 5.41) is 12.9. The topological polar surface area (TPSA) is 96.5 Å². The number of likely N-dealkylation sites (tertiary alicyclic amines) is 1. The SMILES string of the molecule is O=C(O)C1CCCN1C(=O)c1cc(-c2ccncc2)on1. The van der Waals surface area contributed by atoms with Crippen molar-refractivity contribution < 1.29 is 19.2 Å². The monoisotopic (exact) mass is 287 g/mol. The standard InChI is InChI=1S/C14H13N3O4/c18-13(17-7-1-2-11(17)14(19)20)10-8-12(21-16-10)9-3-5-15-6-4-9/h3-6,8,11H,1-2,7H2,(H,19,20). The van der Waals surface area contributed by atoms with E-state index in [-0.39, 0.29) is 5.69 Å². The Morgan fingerprint density at radius 2 is 2.10 bits per heavy atom. The minimum Gasteiger partial charge on any atom is -0.480 e. The largest absolute Gasteiger partial charge is 0.480 e. The molecule has 0 bridgehead atoms. The molecule has 1 fully saturated rings. The first-order valence-corrected chi connectivity index (χ1v) is 6.57. The number of hydrogen-bond donors (Lipinski definition) is 1. The van der Waals surface area contributed by atoms with Crippen LogP contribution in [0.5, 0.6) is 0 Å². The van der Waals surface area contributed by atoms with Crippen LogP contribution in [0.25, 0.3) is 11.3 Å². The fraction of sp³-hybridized carbons (Fsp3) is 0.286. The molecule has 0 radical (unpaired) electrons. The molecule has 0 spiro atoms. The second kappa shape index (κ2) is 5.35. The Hall–Kier alpha value is -2.70. The van der Waals surface area contributed by atoms with Gasteiger partial charge in [-0.2, -0.15) is 0 Å². The first-order valence-electron chi connectivity index (χ1n) is 6.57. The van der Waals surface area contributed by atoms with Crippen LogP contribution in [0.4, 0.5) is 0 Å². The molecule has 1 aliphatic rings. The molecule has 1 saturated heterocycles. The molecule has 2 aromatic heterocycles. The van der Waals surface area contributed by atoms with Crippen LogP contribution in [0.15, 0.2) is 35.1 Å². The molecule has 1 amide bonds. The van der Waals surface area contributed by atoms with E-state index >= 15 is 0 Å². The van der Waals surface area contributed by atoms with Crippen molar-refractivity contribution in [3.8, 4) is 11.3 Å². The zero-order chi connectivity index (χ0) is 14.8. The van der Waals surface area contributed by atoms with E-state index in [1.807, 2.05) is 0 Å². The zero-order valence-corrected chi connectivity index (χ0v) is 11.1. The molecular formula is C14H13N3O4. The third-order valence-electron chi connectivity index (χ3n) is 3.49. The summed E-state index contributed by atoms with van der Waals surface area (Å²) in [4.78, 5) is 28.7. The van der Waals surface area contributed by atoms with Gasteiger partial charge in [0.2, 0.25) is 0 Å². The molecule has 1 aliphatic heterocycles. The molecule has 7 heteroatoms. The average molecular weight is 287 g/mol. The molecule has 2 aromatic rings. The van der Waals surface area contributed by atoms with Gasteiger partial charge in [-0.3, -0.25) is 9.78 Å². The fourth-order valence-corrected chi connectivity index (χ4v) is 2.44. The van der Waals surface area contributed by atoms with Crippen molar-refractivity contribution in [3.05, 3.63) is 36.3 Å². The number of amides is 1. The quantitative estimate of drug-likeness (QED) is 0.917. The van der Waals surface area contributed by atoms with Gasteiger partial charge in [-0.05, 0) is 25.0 Å². The van der Waals surface area contributed by atoms with Crippen molar-refractivity contribution in [2.24, 2.45) is 0 Å². The first-order chi connectivity index (χ1) is 10.2. The Kier molecular flexibility index (Phi) is 3.39. The highest BCUT2D eigenvalue weighted by Gasteiger charge is 2.35. The highest BCUT2D eigenvalue weighted by Crippen LogP contribution is 2.23. The highest BCUT2D eigenvalue weighted by molar-refractivity contribution is 5.96. The van der Waals surface area contributed by atoms with Gasteiger partial charge in [0.15, 0.2) is 11.5 Å². The summed E-state index contributed by atoms with van der Waals surface area (Å²) >= 11 is 0. The molecule has 1 N–H and O–H groups in total. The average Bonchev–Trinajstić information content (AvgIpc) is 3.17. The minimum atomic E-state index is -0.987. The number of hydrogen-bond acceptors (Lipinski definition) is 5. The second-order valence-corrected chi connectivity index (χ2v) is 4.81. The van der Waals surface area contributed by atoms with E-state index in [1.165, 1.54) is 11.0 Å². The van der Waals surface area contributed by atoms with E-state index in [0.29, 0.717) is 25.1 Å². The van der Waals surface area contributed by atoms with E-state index in [2.05, 4.69) is 10.1 Å². The van der Waals surface area contributed by atoms with Crippen LogP contribution in [0.3, 0.4) is 0 Å². The Morgan fingerprint density at radius 1 is 1.33 bits per heavy atom. The van der Waals surface area contributed by atoms with Crippen molar-refractivity contribution in [2.75, 3.05) is 6.54 Å². The summed E-state index contributed by atoms with van der Waals surface area (Å²) in [6.07, 6.45) is 4.37. The number of rotatable bonds is 3. The number of carbonyl (C=O) groups is 2. The maximum absolute atomic E-state index is 12.3. The number of nitrogens with zero attached hydrogens (tertiary/aromatic N) is 3. The van der Waals surface area contributed by atoms with Crippen LogP contribution in [0, 0.1) is 0 Å². The lowest BCUT2D eigenvalue weighted by Crippen LogP contribution is -2.40. The summed E-state index contributed by atoms with van der Waals surface area (Å²) in [5.74, 6) is -0.950. The van der Waals surface area contributed by atoms with E-state index in [1.54, 1.807) is 24.5 Å². The maximum atomic E-state index is 12.3. The van der Waals surface area contributed by atoms with Gasteiger partial charge in [0.25, 0.3) is 5.91 Å². The van der Waals surface area contributed by atoms with Gasteiger partial charge in [-0.25, -0.2) is 4.79 Å². The Morgan fingerprint density at radius 3 is 2.81 bits per heavy atom. The molecular weight excluding hydrogens is 274 g/mol. The summed E-state index contributed by atoms with van der Waals surface area (Å²) in [6, 6.07) is 4.23. The van der Waals surface area contributed by atoms with Gasteiger partial charge in [0.1, 0.15) is 6.04 Å². The number of carboxylic acid groups (broad SMARTS) is 1. The number of aliphatic carboxylic acids is 1. The van der Waals surface area contributed by atoms with Gasteiger partial charge < -0.3 is 14.5 Å². The predicted molar refractivity (Wildman–Crippen MR) is 71.4 cm³/mol. The highest BCUT2D eigenvalue weighted by atomic mass is 16.5. The molecule has 0 saturated carbocycles. The normalized spacial score (nSPS) is 17.9. The van der Waals surface area contributed by atoms with Gasteiger partial charge in [0.05, 0.1) is 0 Å². The number of aromatic nitrogens is 2. The molecule has 7 nitrogen and oxygen atoms in total. The molecule has 0 aliphatic carbocycles. The molecule has 108 valence electrons. The van der Waals surface area contributed by atoms with Crippen LogP contribution in [-0.4, -0.2) is 44.6 Å². The van der Waals surface area contributed by atoms with E-state index < -0.39 is 17.9 Å². The Bertz CT molecular complexity index is 668. The Balaban J connectivity index is 1.83. The van der Waals surface area contributed by atoms with Crippen molar-refractivity contribution in [3.63, 3.8) is 0 Å². The van der Waals surface area contributed by atoms with Crippen molar-refractivity contribution in [1.82, 2.24) is 15.0 Å². The molecule has 1 atom stereocenters. The van der Waals surface area contributed by atoms with Crippen LogP contribution in [0.2, 0.25) is 0 Å². The van der Waals surface area contributed by atoms with Gasteiger partial charge >= 0.3 is 5.97 Å². The fourth-order valence-electron chi connectivity index (χ4n) is 2.44. The second-order valence-electron chi connectivity index (χ2n) is 4.81. The molecule has 1 unspecified atom stereocenters.